The van der Waals surface area contributed by atoms with Crippen molar-refractivity contribution in [1.29, 1.82) is 0 Å². The standard InChI is InChI=1S/C13H17N3O3/c17-11(12-4-3-9-19-12)10-15-13(18)14-5-8-16-6-1-2-7-16/h1-4,6-7,9,11,17H,5,8,10H2,(H2,14,15,18). The van der Waals surface area contributed by atoms with E-state index in [4.69, 9.17) is 4.42 Å². The highest BCUT2D eigenvalue weighted by molar-refractivity contribution is 5.73. The zero-order valence-electron chi connectivity index (χ0n) is 10.5. The van der Waals surface area contributed by atoms with Gasteiger partial charge in [0.2, 0.25) is 0 Å². The molecule has 0 spiro atoms. The molecule has 2 aromatic heterocycles. The van der Waals surface area contributed by atoms with Crippen LogP contribution in [0.4, 0.5) is 4.79 Å². The van der Waals surface area contributed by atoms with Crippen molar-refractivity contribution in [2.75, 3.05) is 13.1 Å². The normalized spacial score (nSPS) is 12.1. The Morgan fingerprint density at radius 3 is 2.79 bits per heavy atom. The molecule has 0 aliphatic carbocycles. The minimum atomic E-state index is -0.829. The third-order valence-electron chi connectivity index (χ3n) is 2.65. The minimum Gasteiger partial charge on any atom is -0.467 e. The van der Waals surface area contributed by atoms with Crippen LogP contribution in [0.3, 0.4) is 0 Å². The number of hydrogen-bond donors (Lipinski definition) is 3. The molecular weight excluding hydrogens is 246 g/mol. The lowest BCUT2D eigenvalue weighted by Crippen LogP contribution is -2.39. The molecule has 0 saturated heterocycles. The summed E-state index contributed by atoms with van der Waals surface area (Å²) in [6, 6.07) is 6.91. The van der Waals surface area contributed by atoms with Crippen molar-refractivity contribution < 1.29 is 14.3 Å². The predicted octanol–water partition coefficient (Wildman–Crippen LogP) is 1.11. The maximum atomic E-state index is 11.5. The fraction of sp³-hybridized carbons (Fsp3) is 0.308. The van der Waals surface area contributed by atoms with Gasteiger partial charge in [-0.25, -0.2) is 4.79 Å². The average molecular weight is 263 g/mol. The second-order valence-electron chi connectivity index (χ2n) is 4.09. The molecule has 6 nitrogen and oxygen atoms in total. The minimum absolute atomic E-state index is 0.114. The molecule has 102 valence electrons. The van der Waals surface area contributed by atoms with Crippen LogP contribution in [0.1, 0.15) is 11.9 Å². The molecule has 0 bridgehead atoms. The highest BCUT2D eigenvalue weighted by Crippen LogP contribution is 2.11. The molecule has 3 N–H and O–H groups in total. The molecule has 19 heavy (non-hydrogen) atoms. The number of rotatable bonds is 6. The van der Waals surface area contributed by atoms with Gasteiger partial charge in [-0.15, -0.1) is 0 Å². The van der Waals surface area contributed by atoms with E-state index >= 15 is 0 Å². The van der Waals surface area contributed by atoms with Gasteiger partial charge < -0.3 is 24.7 Å². The van der Waals surface area contributed by atoms with Crippen molar-refractivity contribution >= 4 is 6.03 Å². The van der Waals surface area contributed by atoms with Gasteiger partial charge in [0.15, 0.2) is 0 Å². The first-order valence-corrected chi connectivity index (χ1v) is 6.09. The molecule has 0 aliphatic heterocycles. The Balaban J connectivity index is 1.62. The van der Waals surface area contributed by atoms with E-state index < -0.39 is 6.10 Å². The summed E-state index contributed by atoms with van der Waals surface area (Å²) in [7, 11) is 0. The number of aromatic nitrogens is 1. The Kier molecular flexibility index (Phi) is 4.63. The molecule has 1 unspecified atom stereocenters. The van der Waals surface area contributed by atoms with Crippen LogP contribution in [0.15, 0.2) is 47.3 Å². The number of hydrogen-bond acceptors (Lipinski definition) is 3. The van der Waals surface area contributed by atoms with Gasteiger partial charge >= 0.3 is 6.03 Å². The van der Waals surface area contributed by atoms with Gasteiger partial charge in [-0.1, -0.05) is 0 Å². The lowest BCUT2D eigenvalue weighted by molar-refractivity contribution is 0.148. The number of aliphatic hydroxyl groups excluding tert-OH is 1. The van der Waals surface area contributed by atoms with Crippen LogP contribution in [0, 0.1) is 0 Å². The molecule has 2 amide bonds. The van der Waals surface area contributed by atoms with E-state index in [0.29, 0.717) is 18.8 Å². The van der Waals surface area contributed by atoms with E-state index in [1.54, 1.807) is 12.1 Å². The summed E-state index contributed by atoms with van der Waals surface area (Å²) in [5.74, 6) is 0.438. The summed E-state index contributed by atoms with van der Waals surface area (Å²) in [6.07, 6.45) is 4.51. The summed E-state index contributed by atoms with van der Waals surface area (Å²) in [5, 5.41) is 15.0. The van der Waals surface area contributed by atoms with Gasteiger partial charge in [-0.05, 0) is 24.3 Å². The zero-order valence-corrected chi connectivity index (χ0v) is 10.5. The van der Waals surface area contributed by atoms with Crippen molar-refractivity contribution in [3.8, 4) is 0 Å². The van der Waals surface area contributed by atoms with E-state index in [1.807, 2.05) is 29.1 Å². The number of furan rings is 1. The van der Waals surface area contributed by atoms with Crippen LogP contribution >= 0.6 is 0 Å². The fourth-order valence-electron chi connectivity index (χ4n) is 1.65. The largest absolute Gasteiger partial charge is 0.467 e. The summed E-state index contributed by atoms with van der Waals surface area (Å²) in [5.41, 5.74) is 0. The van der Waals surface area contributed by atoms with E-state index in [1.165, 1.54) is 6.26 Å². The number of carbonyl (C=O) groups is 1. The average Bonchev–Trinajstić information content (AvgIpc) is 3.08. The maximum absolute atomic E-state index is 11.5. The van der Waals surface area contributed by atoms with E-state index in [-0.39, 0.29) is 12.6 Å². The van der Waals surface area contributed by atoms with Gasteiger partial charge in [0.25, 0.3) is 0 Å². The van der Waals surface area contributed by atoms with Crippen LogP contribution in [-0.4, -0.2) is 28.8 Å². The van der Waals surface area contributed by atoms with E-state index in [2.05, 4.69) is 10.6 Å². The summed E-state index contributed by atoms with van der Waals surface area (Å²) in [6.45, 7) is 1.35. The number of amides is 2. The summed E-state index contributed by atoms with van der Waals surface area (Å²) in [4.78, 5) is 11.5. The third-order valence-corrected chi connectivity index (χ3v) is 2.65. The molecule has 2 rings (SSSR count). The Morgan fingerprint density at radius 1 is 1.32 bits per heavy atom. The molecule has 2 heterocycles. The molecule has 2 aromatic rings. The zero-order chi connectivity index (χ0) is 13.5. The highest BCUT2D eigenvalue weighted by atomic mass is 16.4. The quantitative estimate of drug-likeness (QED) is 0.730. The van der Waals surface area contributed by atoms with Crippen molar-refractivity contribution in [3.63, 3.8) is 0 Å². The first kappa shape index (κ1) is 13.2. The molecule has 1 atom stereocenters. The van der Waals surface area contributed by atoms with Crippen LogP contribution in [0.5, 0.6) is 0 Å². The lowest BCUT2D eigenvalue weighted by atomic mass is 10.3. The van der Waals surface area contributed by atoms with Crippen LogP contribution in [0.25, 0.3) is 0 Å². The molecule has 0 saturated carbocycles. The maximum Gasteiger partial charge on any atom is 0.314 e. The number of nitrogens with zero attached hydrogens (tertiary/aromatic N) is 1. The van der Waals surface area contributed by atoms with Gasteiger partial charge in [0, 0.05) is 25.5 Å². The van der Waals surface area contributed by atoms with Gasteiger partial charge in [0.1, 0.15) is 11.9 Å². The first-order valence-electron chi connectivity index (χ1n) is 6.09. The number of carbonyl (C=O) groups excluding carboxylic acids is 1. The lowest BCUT2D eigenvalue weighted by Gasteiger charge is -2.11. The summed E-state index contributed by atoms with van der Waals surface area (Å²) < 4.78 is 7.00. The Morgan fingerprint density at radius 2 is 2.11 bits per heavy atom. The highest BCUT2D eigenvalue weighted by Gasteiger charge is 2.11. The van der Waals surface area contributed by atoms with Crippen molar-refractivity contribution in [3.05, 3.63) is 48.7 Å². The van der Waals surface area contributed by atoms with Crippen LogP contribution in [-0.2, 0) is 6.54 Å². The molecular formula is C13H17N3O3. The number of urea groups is 1. The van der Waals surface area contributed by atoms with Crippen LogP contribution < -0.4 is 10.6 Å². The second-order valence-corrected chi connectivity index (χ2v) is 4.09. The molecule has 0 aliphatic rings. The molecule has 0 aromatic carbocycles. The van der Waals surface area contributed by atoms with Gasteiger partial charge in [-0.2, -0.15) is 0 Å². The molecule has 6 heteroatoms. The van der Waals surface area contributed by atoms with Crippen LogP contribution in [0.2, 0.25) is 0 Å². The van der Waals surface area contributed by atoms with Crippen molar-refractivity contribution in [2.24, 2.45) is 0 Å². The smallest absolute Gasteiger partial charge is 0.314 e. The molecule has 0 radical (unpaired) electrons. The Labute approximate surface area is 111 Å². The fourth-order valence-corrected chi connectivity index (χ4v) is 1.65. The first-order chi connectivity index (χ1) is 9.25. The number of nitrogens with one attached hydrogen (secondary N) is 2. The van der Waals surface area contributed by atoms with Crippen molar-refractivity contribution in [1.82, 2.24) is 15.2 Å². The number of aliphatic hydroxyl groups is 1. The topological polar surface area (TPSA) is 79.4 Å². The van der Waals surface area contributed by atoms with E-state index in [9.17, 15) is 9.90 Å². The second kappa shape index (κ2) is 6.65. The Bertz CT molecular complexity index is 479. The summed E-state index contributed by atoms with van der Waals surface area (Å²) >= 11 is 0. The monoisotopic (exact) mass is 263 g/mol. The molecule has 0 fully saturated rings. The van der Waals surface area contributed by atoms with Crippen molar-refractivity contribution in [2.45, 2.75) is 12.6 Å². The van der Waals surface area contributed by atoms with E-state index in [0.717, 1.165) is 0 Å². The van der Waals surface area contributed by atoms with Gasteiger partial charge in [-0.3, -0.25) is 0 Å². The SMILES string of the molecule is O=C(NCCn1cccc1)NCC(O)c1ccco1. The third kappa shape index (κ3) is 4.18. The predicted molar refractivity (Wildman–Crippen MR) is 69.5 cm³/mol. The van der Waals surface area contributed by atoms with Gasteiger partial charge in [0.05, 0.1) is 12.8 Å². The Hall–Kier alpha value is -2.21.